The van der Waals surface area contributed by atoms with Crippen molar-refractivity contribution in [3.05, 3.63) is 47.4 Å². The third-order valence-electron chi connectivity index (χ3n) is 6.63. The van der Waals surface area contributed by atoms with Crippen molar-refractivity contribution < 1.29 is 9.53 Å². The summed E-state index contributed by atoms with van der Waals surface area (Å²) in [7, 11) is 1.68. The number of methoxy groups -OCH3 is 1. The molecule has 1 aliphatic heterocycles. The molecule has 1 saturated carbocycles. The first-order valence-corrected chi connectivity index (χ1v) is 11.6. The lowest BCUT2D eigenvalue weighted by Crippen LogP contribution is -2.41. The number of amides is 1. The van der Waals surface area contributed by atoms with E-state index in [0.29, 0.717) is 24.3 Å². The fourth-order valence-corrected chi connectivity index (χ4v) is 4.88. The SMILES string of the molecule is COc1cccc(CNc2cc(CC3CCN(C(=O)C4CCCC4)CC3)nc(C)n2)c1. The number of anilines is 1. The first-order chi connectivity index (χ1) is 15.1. The number of hydrogen-bond donors (Lipinski definition) is 1. The Morgan fingerprint density at radius 3 is 2.65 bits per heavy atom. The second-order valence-electron chi connectivity index (χ2n) is 8.95. The van der Waals surface area contributed by atoms with Crippen LogP contribution in [0.4, 0.5) is 5.82 Å². The number of ether oxygens (including phenoxy) is 1. The van der Waals surface area contributed by atoms with Crippen LogP contribution in [0.15, 0.2) is 30.3 Å². The van der Waals surface area contributed by atoms with Gasteiger partial charge in [-0.1, -0.05) is 25.0 Å². The summed E-state index contributed by atoms with van der Waals surface area (Å²) in [4.78, 5) is 24.0. The minimum absolute atomic E-state index is 0.291. The average molecular weight is 423 g/mol. The number of carbonyl (C=O) groups is 1. The van der Waals surface area contributed by atoms with Gasteiger partial charge in [0.25, 0.3) is 0 Å². The molecule has 1 aromatic carbocycles. The predicted molar refractivity (Wildman–Crippen MR) is 122 cm³/mol. The molecule has 0 unspecified atom stereocenters. The van der Waals surface area contributed by atoms with E-state index in [9.17, 15) is 4.79 Å². The molecule has 31 heavy (non-hydrogen) atoms. The number of aromatic nitrogens is 2. The zero-order valence-corrected chi connectivity index (χ0v) is 18.8. The lowest BCUT2D eigenvalue weighted by atomic mass is 9.91. The molecule has 6 nitrogen and oxygen atoms in total. The standard InChI is InChI=1S/C25H34N4O2/c1-18-27-22(16-24(28-18)26-17-20-6-5-9-23(15-20)31-2)14-19-10-12-29(13-11-19)25(30)21-7-3-4-8-21/h5-6,9,15-16,19,21H,3-4,7-8,10-14,17H2,1-2H3,(H,26,27,28). The first-order valence-electron chi connectivity index (χ1n) is 11.6. The van der Waals surface area contributed by atoms with Gasteiger partial charge < -0.3 is 15.0 Å². The Hall–Kier alpha value is -2.63. The van der Waals surface area contributed by atoms with Gasteiger partial charge in [-0.2, -0.15) is 0 Å². The van der Waals surface area contributed by atoms with Crippen LogP contribution < -0.4 is 10.1 Å². The lowest BCUT2D eigenvalue weighted by molar-refractivity contribution is -0.136. The van der Waals surface area contributed by atoms with Gasteiger partial charge in [-0.25, -0.2) is 9.97 Å². The van der Waals surface area contributed by atoms with Gasteiger partial charge in [0.2, 0.25) is 5.91 Å². The van der Waals surface area contributed by atoms with Gasteiger partial charge in [0, 0.05) is 37.3 Å². The molecule has 2 fully saturated rings. The van der Waals surface area contributed by atoms with E-state index in [1.54, 1.807) is 7.11 Å². The van der Waals surface area contributed by atoms with E-state index in [0.717, 1.165) is 73.8 Å². The smallest absolute Gasteiger partial charge is 0.225 e. The molecule has 166 valence electrons. The summed E-state index contributed by atoms with van der Waals surface area (Å²) in [5.74, 6) is 3.78. The molecule has 2 aliphatic rings. The van der Waals surface area contributed by atoms with Crippen molar-refractivity contribution in [2.75, 3.05) is 25.5 Å². The number of nitrogens with one attached hydrogen (secondary N) is 1. The largest absolute Gasteiger partial charge is 0.497 e. The van der Waals surface area contributed by atoms with E-state index >= 15 is 0 Å². The van der Waals surface area contributed by atoms with E-state index < -0.39 is 0 Å². The van der Waals surface area contributed by atoms with E-state index in [1.807, 2.05) is 25.1 Å². The van der Waals surface area contributed by atoms with Crippen LogP contribution in [0.5, 0.6) is 5.75 Å². The van der Waals surface area contributed by atoms with Crippen molar-refractivity contribution in [2.24, 2.45) is 11.8 Å². The van der Waals surface area contributed by atoms with Crippen molar-refractivity contribution in [1.29, 1.82) is 0 Å². The molecule has 0 atom stereocenters. The second kappa shape index (κ2) is 10.1. The minimum Gasteiger partial charge on any atom is -0.497 e. The van der Waals surface area contributed by atoms with Crippen molar-refractivity contribution in [3.8, 4) is 5.75 Å². The second-order valence-corrected chi connectivity index (χ2v) is 8.95. The highest BCUT2D eigenvalue weighted by molar-refractivity contribution is 5.79. The molecule has 0 spiro atoms. The maximum absolute atomic E-state index is 12.7. The Morgan fingerprint density at radius 2 is 1.90 bits per heavy atom. The summed E-state index contributed by atoms with van der Waals surface area (Å²) in [6, 6.07) is 10.1. The molecule has 1 aromatic heterocycles. The molecule has 1 N–H and O–H groups in total. The van der Waals surface area contributed by atoms with Crippen LogP contribution in [0, 0.1) is 18.8 Å². The maximum atomic E-state index is 12.7. The van der Waals surface area contributed by atoms with E-state index in [2.05, 4.69) is 32.3 Å². The van der Waals surface area contributed by atoms with Crippen LogP contribution in [-0.4, -0.2) is 41.0 Å². The normalized spacial score (nSPS) is 17.7. The average Bonchev–Trinajstić information content (AvgIpc) is 3.32. The first kappa shape index (κ1) is 21.6. The van der Waals surface area contributed by atoms with Gasteiger partial charge >= 0.3 is 0 Å². The van der Waals surface area contributed by atoms with Crippen molar-refractivity contribution >= 4 is 11.7 Å². The Kier molecular flexibility index (Phi) is 7.05. The van der Waals surface area contributed by atoms with E-state index in [-0.39, 0.29) is 0 Å². The molecule has 6 heteroatoms. The Bertz CT molecular complexity index is 887. The van der Waals surface area contributed by atoms with Crippen LogP contribution in [0.2, 0.25) is 0 Å². The Morgan fingerprint density at radius 1 is 1.13 bits per heavy atom. The molecule has 0 bridgehead atoms. The fraction of sp³-hybridized carbons (Fsp3) is 0.560. The zero-order valence-electron chi connectivity index (χ0n) is 18.8. The maximum Gasteiger partial charge on any atom is 0.225 e. The number of rotatable bonds is 7. The molecule has 1 saturated heterocycles. The molecule has 0 radical (unpaired) electrons. The topological polar surface area (TPSA) is 67.3 Å². The summed E-state index contributed by atoms with van der Waals surface area (Å²) in [5, 5.41) is 3.42. The summed E-state index contributed by atoms with van der Waals surface area (Å²) >= 11 is 0. The number of benzene rings is 1. The van der Waals surface area contributed by atoms with Gasteiger partial charge in [0.15, 0.2) is 0 Å². The van der Waals surface area contributed by atoms with E-state index in [1.165, 1.54) is 12.8 Å². The van der Waals surface area contributed by atoms with Crippen molar-refractivity contribution in [1.82, 2.24) is 14.9 Å². The van der Waals surface area contributed by atoms with Gasteiger partial charge in [-0.3, -0.25) is 4.79 Å². The Balaban J connectivity index is 1.31. The third-order valence-corrected chi connectivity index (χ3v) is 6.63. The predicted octanol–water partition coefficient (Wildman–Crippen LogP) is 4.38. The van der Waals surface area contributed by atoms with Crippen LogP contribution in [0.1, 0.15) is 55.6 Å². The molecule has 4 rings (SSSR count). The number of piperidine rings is 1. The zero-order chi connectivity index (χ0) is 21.6. The van der Waals surface area contributed by atoms with Gasteiger partial charge in [0.05, 0.1) is 7.11 Å². The number of aryl methyl sites for hydroxylation is 1. The summed E-state index contributed by atoms with van der Waals surface area (Å²) in [6.45, 7) is 4.42. The molecular formula is C25H34N4O2. The highest BCUT2D eigenvalue weighted by Crippen LogP contribution is 2.29. The highest BCUT2D eigenvalue weighted by atomic mass is 16.5. The number of hydrogen-bond acceptors (Lipinski definition) is 5. The van der Waals surface area contributed by atoms with Crippen LogP contribution in [-0.2, 0) is 17.8 Å². The third kappa shape index (κ3) is 5.75. The number of likely N-dealkylation sites (tertiary alicyclic amines) is 1. The van der Waals surface area contributed by atoms with Gasteiger partial charge in [-0.05, 0) is 62.6 Å². The lowest BCUT2D eigenvalue weighted by Gasteiger charge is -2.33. The van der Waals surface area contributed by atoms with E-state index in [4.69, 9.17) is 4.74 Å². The number of carbonyl (C=O) groups excluding carboxylic acids is 1. The van der Waals surface area contributed by atoms with Crippen molar-refractivity contribution in [3.63, 3.8) is 0 Å². The molecule has 2 aromatic rings. The summed E-state index contributed by atoms with van der Waals surface area (Å²) < 4.78 is 5.30. The Labute approximate surface area is 185 Å². The quantitative estimate of drug-likeness (QED) is 0.717. The fourth-order valence-electron chi connectivity index (χ4n) is 4.88. The molecule has 1 amide bonds. The summed E-state index contributed by atoms with van der Waals surface area (Å²) in [6.07, 6.45) is 7.68. The molecular weight excluding hydrogens is 388 g/mol. The monoisotopic (exact) mass is 422 g/mol. The van der Waals surface area contributed by atoms with Crippen LogP contribution in [0.3, 0.4) is 0 Å². The summed E-state index contributed by atoms with van der Waals surface area (Å²) in [5.41, 5.74) is 2.23. The molecule has 2 heterocycles. The van der Waals surface area contributed by atoms with Crippen LogP contribution >= 0.6 is 0 Å². The van der Waals surface area contributed by atoms with Crippen molar-refractivity contribution in [2.45, 2.75) is 58.4 Å². The molecule has 1 aliphatic carbocycles. The van der Waals surface area contributed by atoms with Crippen LogP contribution in [0.25, 0.3) is 0 Å². The minimum atomic E-state index is 0.291. The highest BCUT2D eigenvalue weighted by Gasteiger charge is 2.30. The van der Waals surface area contributed by atoms with Gasteiger partial charge in [0.1, 0.15) is 17.4 Å². The number of nitrogens with zero attached hydrogens (tertiary/aromatic N) is 3. The van der Waals surface area contributed by atoms with Gasteiger partial charge in [-0.15, -0.1) is 0 Å².